The highest BCUT2D eigenvalue weighted by Gasteiger charge is 2.39. The molecule has 1 aliphatic rings. The zero-order valence-corrected chi connectivity index (χ0v) is 13.7. The minimum Gasteiger partial charge on any atom is -0.419 e. The maximum absolute atomic E-state index is 13.9. The van der Waals surface area contributed by atoms with E-state index >= 15 is 0 Å². The minimum atomic E-state index is -3.80. The predicted octanol–water partition coefficient (Wildman–Crippen LogP) is 1.50. The molecule has 1 aromatic carbocycles. The molecule has 1 aromatic rings. The third-order valence-electron chi connectivity index (χ3n) is 2.92. The topological polar surface area (TPSA) is 98.8 Å². The van der Waals surface area contributed by atoms with Crippen molar-refractivity contribution in [1.82, 2.24) is 0 Å². The van der Waals surface area contributed by atoms with Crippen molar-refractivity contribution in [3.8, 4) is 0 Å². The average Bonchev–Trinajstić information content (AvgIpc) is 2.37. The van der Waals surface area contributed by atoms with Gasteiger partial charge in [-0.05, 0) is 12.1 Å². The molecule has 130 valence electrons. The van der Waals surface area contributed by atoms with Crippen LogP contribution in [0.25, 0.3) is 0 Å². The smallest absolute Gasteiger partial charge is 0.350 e. The lowest BCUT2D eigenvalue weighted by atomic mass is 10.2. The highest BCUT2D eigenvalue weighted by atomic mass is 32.2. The van der Waals surface area contributed by atoms with Crippen molar-refractivity contribution >= 4 is 27.5 Å². The van der Waals surface area contributed by atoms with Crippen LogP contribution in [0.4, 0.5) is 14.5 Å². The van der Waals surface area contributed by atoms with Crippen molar-refractivity contribution in [3.05, 3.63) is 35.5 Å². The van der Waals surface area contributed by atoms with E-state index in [0.29, 0.717) is 12.1 Å². The zero-order chi connectivity index (χ0) is 18.3. The molecule has 7 nitrogen and oxygen atoms in total. The molecule has 24 heavy (non-hydrogen) atoms. The number of halogens is 2. The number of hydrogen-bond donors (Lipinski definition) is 1. The molecule has 2 rings (SSSR count). The molecule has 1 N–H and O–H groups in total. The van der Waals surface area contributed by atoms with Gasteiger partial charge in [-0.25, -0.2) is 26.8 Å². The van der Waals surface area contributed by atoms with Gasteiger partial charge in [-0.2, -0.15) is 0 Å². The number of hydrogen-bond acceptors (Lipinski definition) is 7. The summed E-state index contributed by atoms with van der Waals surface area (Å²) >= 11 is 0. The lowest BCUT2D eigenvalue weighted by Gasteiger charge is -2.29. The van der Waals surface area contributed by atoms with E-state index in [4.69, 9.17) is 9.47 Å². The van der Waals surface area contributed by atoms with Gasteiger partial charge < -0.3 is 14.8 Å². The number of carbonyl (C=O) groups excluding carboxylic acids is 2. The molecule has 0 saturated carbocycles. The Morgan fingerprint density at radius 1 is 1.08 bits per heavy atom. The van der Waals surface area contributed by atoms with Crippen LogP contribution in [0.1, 0.15) is 13.8 Å². The number of ether oxygens (including phenoxy) is 2. The van der Waals surface area contributed by atoms with Crippen molar-refractivity contribution in [1.29, 1.82) is 0 Å². The summed E-state index contributed by atoms with van der Waals surface area (Å²) in [4.78, 5) is 22.9. The predicted molar refractivity (Wildman–Crippen MR) is 77.4 cm³/mol. The Kier molecular flexibility index (Phi) is 4.36. The van der Waals surface area contributed by atoms with Crippen molar-refractivity contribution < 1.29 is 36.3 Å². The number of benzene rings is 1. The zero-order valence-electron chi connectivity index (χ0n) is 12.8. The van der Waals surface area contributed by atoms with E-state index in [0.717, 1.165) is 12.5 Å². The summed E-state index contributed by atoms with van der Waals surface area (Å²) in [5, 5.41) is 2.11. The summed E-state index contributed by atoms with van der Waals surface area (Å²) in [7, 11) is -3.80. The fourth-order valence-electron chi connectivity index (χ4n) is 1.82. The molecular formula is C14H13F2NO6S. The van der Waals surface area contributed by atoms with Crippen molar-refractivity contribution in [2.24, 2.45) is 0 Å². The molecule has 0 radical (unpaired) electrons. The van der Waals surface area contributed by atoms with Crippen molar-refractivity contribution in [3.63, 3.8) is 0 Å². The van der Waals surface area contributed by atoms with Gasteiger partial charge in [0, 0.05) is 26.3 Å². The molecule has 0 aromatic heterocycles. The van der Waals surface area contributed by atoms with Gasteiger partial charge in [-0.3, -0.25) is 0 Å². The Morgan fingerprint density at radius 2 is 1.54 bits per heavy atom. The van der Waals surface area contributed by atoms with Crippen LogP contribution in [0, 0.1) is 11.6 Å². The third-order valence-corrected chi connectivity index (χ3v) is 4.01. The van der Waals surface area contributed by atoms with Crippen LogP contribution in [-0.4, -0.2) is 32.4 Å². The van der Waals surface area contributed by atoms with Crippen LogP contribution in [0.15, 0.2) is 28.8 Å². The first-order chi connectivity index (χ1) is 10.9. The van der Waals surface area contributed by atoms with Crippen LogP contribution in [-0.2, 0) is 28.9 Å². The molecule has 1 aliphatic heterocycles. The second-order valence-electron chi connectivity index (χ2n) is 5.42. The minimum absolute atomic E-state index is 0.547. The van der Waals surface area contributed by atoms with E-state index in [1.54, 1.807) is 0 Å². The highest BCUT2D eigenvalue weighted by molar-refractivity contribution is 7.90. The number of rotatable bonds is 3. The summed E-state index contributed by atoms with van der Waals surface area (Å²) in [6.07, 6.45) is 1.52. The van der Waals surface area contributed by atoms with Crippen LogP contribution in [0.3, 0.4) is 0 Å². The monoisotopic (exact) mass is 361 g/mol. The van der Waals surface area contributed by atoms with E-state index in [-0.39, 0.29) is 0 Å². The number of nitrogens with one attached hydrogen (secondary N) is 1. The molecule has 0 atom stereocenters. The van der Waals surface area contributed by atoms with Gasteiger partial charge in [0.15, 0.2) is 27.0 Å². The van der Waals surface area contributed by atoms with Crippen LogP contribution in [0.2, 0.25) is 0 Å². The molecule has 1 saturated heterocycles. The normalized spacial score (nSPS) is 17.1. The van der Waals surface area contributed by atoms with E-state index < -0.39 is 55.4 Å². The molecule has 1 heterocycles. The fraction of sp³-hybridized carbons (Fsp3) is 0.286. The third kappa shape index (κ3) is 3.70. The molecular weight excluding hydrogens is 348 g/mol. The van der Waals surface area contributed by atoms with Crippen molar-refractivity contribution in [2.45, 2.75) is 24.5 Å². The Hall–Kier alpha value is -2.49. The molecule has 0 amide bonds. The number of cyclic esters (lactones) is 2. The standard InChI is InChI=1S/C14H13F2NO6S/c1-14(2)22-12(18)8(13(19)23-14)6-17-11-9(15)4-7(5-10(11)16)24(3,20)21/h4-6,17H,1-3H3. The Labute approximate surface area is 136 Å². The lowest BCUT2D eigenvalue weighted by molar-refractivity contribution is -0.222. The SMILES string of the molecule is CC1(C)OC(=O)C(=CNc2c(F)cc(S(C)(=O)=O)cc2F)C(=O)O1. The molecule has 0 bridgehead atoms. The largest absolute Gasteiger partial charge is 0.419 e. The first kappa shape index (κ1) is 17.9. The van der Waals surface area contributed by atoms with Gasteiger partial charge in [0.2, 0.25) is 0 Å². The number of esters is 2. The van der Waals surface area contributed by atoms with Crippen LogP contribution in [0.5, 0.6) is 0 Å². The van der Waals surface area contributed by atoms with Crippen LogP contribution < -0.4 is 5.32 Å². The summed E-state index contributed by atoms with van der Waals surface area (Å²) < 4.78 is 60.0. The van der Waals surface area contributed by atoms with E-state index in [2.05, 4.69) is 5.32 Å². The number of anilines is 1. The summed E-state index contributed by atoms with van der Waals surface area (Å²) in [5.41, 5.74) is -1.33. The second kappa shape index (κ2) is 5.86. The van der Waals surface area contributed by atoms with E-state index in [1.165, 1.54) is 13.8 Å². The molecule has 0 spiro atoms. The summed E-state index contributed by atoms with van der Waals surface area (Å²) in [5.74, 6) is -5.94. The van der Waals surface area contributed by atoms with E-state index in [1.807, 2.05) is 0 Å². The first-order valence-electron chi connectivity index (χ1n) is 6.53. The quantitative estimate of drug-likeness (QED) is 0.495. The number of carbonyl (C=O) groups is 2. The van der Waals surface area contributed by atoms with Gasteiger partial charge in [-0.1, -0.05) is 0 Å². The van der Waals surface area contributed by atoms with Crippen LogP contribution >= 0.6 is 0 Å². The summed E-state index contributed by atoms with van der Waals surface area (Å²) in [6.45, 7) is 2.69. The molecule has 0 aliphatic carbocycles. The number of sulfone groups is 1. The second-order valence-corrected chi connectivity index (χ2v) is 7.43. The van der Waals surface area contributed by atoms with Crippen molar-refractivity contribution in [2.75, 3.05) is 11.6 Å². The van der Waals surface area contributed by atoms with Gasteiger partial charge >= 0.3 is 11.9 Å². The molecule has 0 unspecified atom stereocenters. The summed E-state index contributed by atoms with van der Waals surface area (Å²) in [6, 6.07) is 1.22. The van der Waals surface area contributed by atoms with Gasteiger partial charge in [0.1, 0.15) is 5.69 Å². The lowest BCUT2D eigenvalue weighted by Crippen LogP contribution is -2.42. The molecule has 1 fully saturated rings. The molecule has 10 heteroatoms. The first-order valence-corrected chi connectivity index (χ1v) is 8.42. The van der Waals surface area contributed by atoms with Gasteiger partial charge in [-0.15, -0.1) is 0 Å². The Morgan fingerprint density at radius 3 is 1.96 bits per heavy atom. The van der Waals surface area contributed by atoms with Gasteiger partial charge in [0.05, 0.1) is 4.90 Å². The maximum atomic E-state index is 13.9. The highest BCUT2D eigenvalue weighted by Crippen LogP contribution is 2.25. The Balaban J connectivity index is 2.33. The maximum Gasteiger partial charge on any atom is 0.350 e. The average molecular weight is 361 g/mol. The fourth-order valence-corrected chi connectivity index (χ4v) is 2.46. The van der Waals surface area contributed by atoms with E-state index in [9.17, 15) is 26.8 Å². The van der Waals surface area contributed by atoms with Gasteiger partial charge in [0.25, 0.3) is 5.79 Å². The Bertz CT molecular complexity index is 815.